The summed E-state index contributed by atoms with van der Waals surface area (Å²) in [6.07, 6.45) is -2.69. The number of aliphatic hydroxyl groups excluding tert-OH is 1. The first-order valence-electron chi connectivity index (χ1n) is 7.98. The molecule has 1 aliphatic rings. The lowest BCUT2D eigenvalue weighted by atomic mass is 9.86. The maximum absolute atomic E-state index is 11.8. The monoisotopic (exact) mass is 359 g/mol. The van der Waals surface area contributed by atoms with Crippen LogP contribution in [-0.4, -0.2) is 65.4 Å². The van der Waals surface area contributed by atoms with Crippen molar-refractivity contribution in [2.75, 3.05) is 13.2 Å². The van der Waals surface area contributed by atoms with E-state index in [9.17, 15) is 24.9 Å². The van der Waals surface area contributed by atoms with Crippen LogP contribution in [-0.2, 0) is 9.22 Å². The fourth-order valence-electron chi connectivity index (χ4n) is 2.61. The van der Waals surface area contributed by atoms with Gasteiger partial charge in [0, 0.05) is 13.0 Å². The van der Waals surface area contributed by atoms with Crippen molar-refractivity contribution in [1.82, 2.24) is 4.90 Å². The average molecular weight is 359 g/mol. The van der Waals surface area contributed by atoms with E-state index in [0.717, 1.165) is 4.90 Å². The van der Waals surface area contributed by atoms with E-state index < -0.39 is 32.0 Å². The molecule has 2 atom stereocenters. The van der Waals surface area contributed by atoms with E-state index in [-0.39, 0.29) is 31.0 Å². The zero-order chi connectivity index (χ0) is 18.9. The maximum atomic E-state index is 11.8. The highest BCUT2D eigenvalue weighted by atomic mass is 28.4. The number of aliphatic hydroxyl groups is 1. The molecule has 24 heavy (non-hydrogen) atoms. The van der Waals surface area contributed by atoms with Gasteiger partial charge in [0.1, 0.15) is 0 Å². The predicted molar refractivity (Wildman–Crippen MR) is 92.6 cm³/mol. The summed E-state index contributed by atoms with van der Waals surface area (Å²) in [5, 5.41) is 29.1. The molecule has 0 spiro atoms. The molecule has 1 fully saturated rings. The second-order valence-corrected chi connectivity index (χ2v) is 12.8. The second kappa shape index (κ2) is 6.85. The van der Waals surface area contributed by atoms with Gasteiger partial charge < -0.3 is 19.7 Å². The summed E-state index contributed by atoms with van der Waals surface area (Å²) in [5.74, 6) is -1.36. The number of aliphatic carboxylic acids is 1. The van der Waals surface area contributed by atoms with E-state index in [2.05, 4.69) is 40.4 Å². The maximum Gasteiger partial charge on any atom is 0.408 e. The molecule has 0 aromatic rings. The first kappa shape index (κ1) is 20.7. The van der Waals surface area contributed by atoms with Crippen molar-refractivity contribution in [3.63, 3.8) is 0 Å². The lowest BCUT2D eigenvalue weighted by Crippen LogP contribution is -2.58. The Labute approximate surface area is 144 Å². The van der Waals surface area contributed by atoms with Crippen molar-refractivity contribution in [2.24, 2.45) is 0 Å². The van der Waals surface area contributed by atoms with E-state index in [4.69, 9.17) is 4.43 Å². The van der Waals surface area contributed by atoms with Gasteiger partial charge in [0.25, 0.3) is 0 Å². The second-order valence-electron chi connectivity index (χ2n) is 7.94. The van der Waals surface area contributed by atoms with Crippen LogP contribution >= 0.6 is 0 Å². The number of amides is 1. The Hall–Kier alpha value is -1.38. The number of nitrogens with zero attached hydrogens (tertiary/aromatic N) is 1. The SMILES string of the molecule is C=C(CO[Si](C)(C)C(C)(C)C)CC1(C(=O)O)[C@H](O)CCN1C(=O)O. The number of likely N-dealkylation sites (tertiary alicyclic amines) is 1. The van der Waals surface area contributed by atoms with Crippen LogP contribution in [0.3, 0.4) is 0 Å². The number of carboxylic acids is 1. The Balaban J connectivity index is 2.92. The molecule has 8 heteroatoms. The average Bonchev–Trinajstić information content (AvgIpc) is 2.74. The topological polar surface area (TPSA) is 107 Å². The van der Waals surface area contributed by atoms with Crippen LogP contribution in [0.1, 0.15) is 33.6 Å². The van der Waals surface area contributed by atoms with Crippen molar-refractivity contribution in [1.29, 1.82) is 0 Å². The molecule has 1 saturated heterocycles. The summed E-state index contributed by atoms with van der Waals surface area (Å²) in [6.45, 7) is 14.4. The van der Waals surface area contributed by atoms with Gasteiger partial charge in [-0.25, -0.2) is 9.59 Å². The van der Waals surface area contributed by atoms with E-state index in [1.54, 1.807) is 0 Å². The quantitative estimate of drug-likeness (QED) is 0.497. The van der Waals surface area contributed by atoms with Crippen LogP contribution < -0.4 is 0 Å². The Bertz CT molecular complexity index is 527. The zero-order valence-electron chi connectivity index (χ0n) is 15.1. The first-order valence-corrected chi connectivity index (χ1v) is 10.9. The Morgan fingerprint density at radius 3 is 2.29 bits per heavy atom. The van der Waals surface area contributed by atoms with Crippen molar-refractivity contribution in [2.45, 2.75) is 63.4 Å². The highest BCUT2D eigenvalue weighted by Crippen LogP contribution is 2.38. The van der Waals surface area contributed by atoms with Crippen molar-refractivity contribution in [3.8, 4) is 0 Å². The number of rotatable bonds is 6. The third kappa shape index (κ3) is 3.81. The van der Waals surface area contributed by atoms with Gasteiger partial charge in [-0.3, -0.25) is 4.90 Å². The lowest BCUT2D eigenvalue weighted by molar-refractivity contribution is -0.153. The molecule has 0 aromatic carbocycles. The Morgan fingerprint density at radius 1 is 1.33 bits per heavy atom. The molecule has 7 nitrogen and oxygen atoms in total. The van der Waals surface area contributed by atoms with Gasteiger partial charge in [-0.15, -0.1) is 0 Å². The molecule has 1 rings (SSSR count). The van der Waals surface area contributed by atoms with Gasteiger partial charge in [0.15, 0.2) is 13.9 Å². The molecule has 1 unspecified atom stereocenters. The van der Waals surface area contributed by atoms with Gasteiger partial charge in [-0.05, 0) is 24.6 Å². The minimum atomic E-state index is -2.03. The molecule has 0 radical (unpaired) electrons. The van der Waals surface area contributed by atoms with Gasteiger partial charge >= 0.3 is 12.1 Å². The molecule has 0 aliphatic carbocycles. The summed E-state index contributed by atoms with van der Waals surface area (Å²) < 4.78 is 6.02. The van der Waals surface area contributed by atoms with Gasteiger partial charge in [-0.2, -0.15) is 0 Å². The smallest absolute Gasteiger partial charge is 0.408 e. The van der Waals surface area contributed by atoms with Crippen molar-refractivity contribution < 1.29 is 29.3 Å². The number of hydrogen-bond acceptors (Lipinski definition) is 4. The van der Waals surface area contributed by atoms with E-state index in [0.29, 0.717) is 5.57 Å². The molecule has 1 aliphatic heterocycles. The van der Waals surface area contributed by atoms with Gasteiger partial charge in [-0.1, -0.05) is 32.9 Å². The van der Waals surface area contributed by atoms with Crippen LogP contribution in [0.15, 0.2) is 12.2 Å². The van der Waals surface area contributed by atoms with Gasteiger partial charge in [0.05, 0.1) is 12.7 Å². The van der Waals surface area contributed by atoms with Crippen molar-refractivity contribution in [3.05, 3.63) is 12.2 Å². The number of carbonyl (C=O) groups is 2. The molecule has 1 heterocycles. The standard InChI is InChI=1S/C16H29NO6Si/c1-11(10-23-24(5,6)15(2,3)4)9-16(13(19)20)12(18)7-8-17(16)14(21)22/h12,18H,1,7-10H2,2-6H3,(H,19,20)(H,21,22)/t12-,16?/m1/s1. The van der Waals surface area contributed by atoms with E-state index >= 15 is 0 Å². The Kier molecular flexibility index (Phi) is 5.90. The third-order valence-corrected chi connectivity index (χ3v) is 9.70. The molecular weight excluding hydrogens is 330 g/mol. The lowest BCUT2D eigenvalue weighted by Gasteiger charge is -2.38. The summed E-state index contributed by atoms with van der Waals surface area (Å²) in [4.78, 5) is 24.0. The number of carboxylic acid groups (broad SMARTS) is 2. The van der Waals surface area contributed by atoms with Gasteiger partial charge in [0.2, 0.25) is 0 Å². The summed E-state index contributed by atoms with van der Waals surface area (Å²) in [6, 6.07) is 0. The highest BCUT2D eigenvalue weighted by molar-refractivity contribution is 6.74. The first-order chi connectivity index (χ1) is 10.8. The van der Waals surface area contributed by atoms with Crippen LogP contribution in [0.25, 0.3) is 0 Å². The summed E-state index contributed by atoms with van der Waals surface area (Å²) >= 11 is 0. The van der Waals surface area contributed by atoms with Crippen LogP contribution in [0.4, 0.5) is 4.79 Å². The molecule has 0 bridgehead atoms. The fourth-order valence-corrected chi connectivity index (χ4v) is 3.61. The summed E-state index contributed by atoms with van der Waals surface area (Å²) in [7, 11) is -2.03. The van der Waals surface area contributed by atoms with Crippen molar-refractivity contribution >= 4 is 20.4 Å². The van der Waals surface area contributed by atoms with Crippen LogP contribution in [0.5, 0.6) is 0 Å². The normalized spacial score (nSPS) is 24.9. The van der Waals surface area contributed by atoms with E-state index in [1.165, 1.54) is 0 Å². The Morgan fingerprint density at radius 2 is 1.88 bits per heavy atom. The zero-order valence-corrected chi connectivity index (χ0v) is 16.1. The molecule has 3 N–H and O–H groups in total. The largest absolute Gasteiger partial charge is 0.479 e. The van der Waals surface area contributed by atoms with E-state index in [1.807, 2.05) is 0 Å². The fraction of sp³-hybridized carbons (Fsp3) is 0.750. The predicted octanol–water partition coefficient (Wildman–Crippen LogP) is 2.52. The molecule has 0 saturated carbocycles. The summed E-state index contributed by atoms with van der Waals surface area (Å²) in [5.41, 5.74) is -1.42. The number of hydrogen-bond donors (Lipinski definition) is 3. The molecule has 1 amide bonds. The third-order valence-electron chi connectivity index (χ3n) is 5.22. The van der Waals surface area contributed by atoms with Crippen LogP contribution in [0.2, 0.25) is 18.1 Å². The minimum absolute atomic E-state index is 0.00224. The minimum Gasteiger partial charge on any atom is -0.479 e. The highest BCUT2D eigenvalue weighted by Gasteiger charge is 2.56. The molecular formula is C16H29NO6Si. The molecule has 138 valence electrons. The molecule has 0 aromatic heterocycles. The van der Waals surface area contributed by atoms with Crippen LogP contribution in [0, 0.1) is 0 Å².